The van der Waals surface area contributed by atoms with E-state index in [1.807, 2.05) is 30.3 Å². The van der Waals surface area contributed by atoms with Gasteiger partial charge in [-0.25, -0.2) is 13.1 Å². The number of aromatic nitrogens is 1. The molecule has 26 heavy (non-hydrogen) atoms. The zero-order chi connectivity index (χ0) is 18.5. The van der Waals surface area contributed by atoms with Crippen molar-refractivity contribution in [3.8, 4) is 0 Å². The fourth-order valence-corrected chi connectivity index (χ4v) is 4.05. The number of hydrogen-bond donors (Lipinski definition) is 2. The molecule has 2 amide bonds. The van der Waals surface area contributed by atoms with Crippen LogP contribution in [0.5, 0.6) is 0 Å². The van der Waals surface area contributed by atoms with E-state index in [-0.39, 0.29) is 11.8 Å². The van der Waals surface area contributed by atoms with Crippen molar-refractivity contribution >= 4 is 43.6 Å². The number of nitrogens with one attached hydrogen (secondary N) is 2. The molecule has 0 saturated carbocycles. The summed E-state index contributed by atoms with van der Waals surface area (Å²) < 4.78 is 27.0. The minimum absolute atomic E-state index is 0.330. The van der Waals surface area contributed by atoms with E-state index < -0.39 is 10.0 Å². The van der Waals surface area contributed by atoms with Crippen LogP contribution in [0.1, 0.15) is 27.1 Å². The molecule has 0 aliphatic carbocycles. The number of aryl methyl sites for hydroxylation is 1. The molecule has 2 N–H and O–H groups in total. The predicted octanol–water partition coefficient (Wildman–Crippen LogP) is 1.62. The molecule has 1 aliphatic heterocycles. The highest BCUT2D eigenvalue weighted by Gasteiger charge is 2.30. The Balaban J connectivity index is 1.84. The van der Waals surface area contributed by atoms with Gasteiger partial charge in [-0.15, -0.1) is 0 Å². The van der Waals surface area contributed by atoms with Crippen LogP contribution in [0.3, 0.4) is 0 Å². The van der Waals surface area contributed by atoms with Crippen LogP contribution in [0, 0.1) is 0 Å². The molecule has 1 aromatic heterocycles. The molecule has 0 unspecified atom stereocenters. The minimum Gasteiger partial charge on any atom is -0.340 e. The van der Waals surface area contributed by atoms with Gasteiger partial charge in [0, 0.05) is 34.9 Å². The number of hydrogen-bond acceptors (Lipinski definition) is 4. The lowest BCUT2D eigenvalue weighted by Crippen LogP contribution is -2.23. The summed E-state index contributed by atoms with van der Waals surface area (Å²) in [6.07, 6.45) is 1.73. The van der Waals surface area contributed by atoms with Crippen LogP contribution in [-0.2, 0) is 16.6 Å². The molecule has 8 heteroatoms. The van der Waals surface area contributed by atoms with E-state index in [1.165, 1.54) is 0 Å². The Morgan fingerprint density at radius 3 is 2.58 bits per heavy atom. The first-order chi connectivity index (χ1) is 12.4. The maximum Gasteiger partial charge on any atom is 0.259 e. The van der Waals surface area contributed by atoms with E-state index >= 15 is 0 Å². The molecule has 4 rings (SSSR count). The summed E-state index contributed by atoms with van der Waals surface area (Å²) in [6, 6.07) is 11.2. The Kier molecular flexibility index (Phi) is 3.82. The highest BCUT2D eigenvalue weighted by Crippen LogP contribution is 2.35. The van der Waals surface area contributed by atoms with E-state index in [0.717, 1.165) is 28.1 Å². The van der Waals surface area contributed by atoms with Crippen molar-refractivity contribution in [1.29, 1.82) is 0 Å². The summed E-state index contributed by atoms with van der Waals surface area (Å²) in [7, 11) is -3.22. The Morgan fingerprint density at radius 1 is 1.04 bits per heavy atom. The summed E-state index contributed by atoms with van der Waals surface area (Å²) in [5.74, 6) is -0.752. The molecule has 2 aromatic carbocycles. The zero-order valence-electron chi connectivity index (χ0n) is 14.1. The van der Waals surface area contributed by atoms with Crippen molar-refractivity contribution in [2.45, 2.75) is 13.0 Å². The van der Waals surface area contributed by atoms with Gasteiger partial charge < -0.3 is 4.57 Å². The molecular formula is C18H17N3O4S. The Morgan fingerprint density at radius 2 is 1.81 bits per heavy atom. The van der Waals surface area contributed by atoms with Crippen LogP contribution in [0.4, 0.5) is 0 Å². The third-order valence-corrected chi connectivity index (χ3v) is 5.29. The van der Waals surface area contributed by atoms with Crippen LogP contribution in [0.15, 0.2) is 36.4 Å². The Labute approximate surface area is 150 Å². The quantitative estimate of drug-likeness (QED) is 0.526. The van der Waals surface area contributed by atoms with Crippen LogP contribution in [0.2, 0.25) is 0 Å². The fourth-order valence-electron chi connectivity index (χ4n) is 3.53. The van der Waals surface area contributed by atoms with Gasteiger partial charge in [0.05, 0.1) is 17.4 Å². The largest absolute Gasteiger partial charge is 0.340 e. The SMILES string of the molecule is CS(=O)(=O)NCCCn1c2ccccc2c2c3c(ccc21)C(=O)NC3=O. The van der Waals surface area contributed by atoms with Crippen molar-refractivity contribution in [1.82, 2.24) is 14.6 Å². The zero-order valence-corrected chi connectivity index (χ0v) is 14.9. The molecule has 134 valence electrons. The first kappa shape index (κ1) is 16.7. The lowest BCUT2D eigenvalue weighted by molar-refractivity contribution is 0.0880. The summed E-state index contributed by atoms with van der Waals surface area (Å²) in [4.78, 5) is 24.3. The number of amides is 2. The molecule has 0 fully saturated rings. The molecule has 3 aromatic rings. The molecule has 0 spiro atoms. The molecule has 7 nitrogen and oxygen atoms in total. The monoisotopic (exact) mass is 371 g/mol. The lowest BCUT2D eigenvalue weighted by atomic mass is 10.0. The van der Waals surface area contributed by atoms with Gasteiger partial charge >= 0.3 is 0 Å². The number of benzene rings is 2. The number of imide groups is 1. The van der Waals surface area contributed by atoms with E-state index in [4.69, 9.17) is 0 Å². The number of rotatable bonds is 5. The first-order valence-corrected chi connectivity index (χ1v) is 10.1. The van der Waals surface area contributed by atoms with E-state index in [9.17, 15) is 18.0 Å². The fraction of sp³-hybridized carbons (Fsp3) is 0.222. The van der Waals surface area contributed by atoms with E-state index in [1.54, 1.807) is 6.07 Å². The van der Waals surface area contributed by atoms with Gasteiger partial charge in [0.25, 0.3) is 11.8 Å². The first-order valence-electron chi connectivity index (χ1n) is 8.21. The summed E-state index contributed by atoms with van der Waals surface area (Å²) in [5, 5.41) is 4.02. The van der Waals surface area contributed by atoms with Crippen LogP contribution in [0.25, 0.3) is 21.8 Å². The normalized spacial score (nSPS) is 14.2. The molecule has 0 radical (unpaired) electrons. The Hall–Kier alpha value is -2.71. The molecule has 1 aliphatic rings. The number of carbonyl (C=O) groups excluding carboxylic acids is 2. The predicted molar refractivity (Wildman–Crippen MR) is 98.7 cm³/mol. The van der Waals surface area contributed by atoms with Crippen molar-refractivity contribution in [3.05, 3.63) is 47.5 Å². The number of fused-ring (bicyclic) bond motifs is 5. The molecule has 0 saturated heterocycles. The van der Waals surface area contributed by atoms with Crippen molar-refractivity contribution in [3.63, 3.8) is 0 Å². The number of para-hydroxylation sites is 1. The number of sulfonamides is 1. The molecule has 0 atom stereocenters. The molecular weight excluding hydrogens is 354 g/mol. The van der Waals surface area contributed by atoms with Crippen LogP contribution < -0.4 is 10.0 Å². The van der Waals surface area contributed by atoms with Gasteiger partial charge in [-0.3, -0.25) is 14.9 Å². The van der Waals surface area contributed by atoms with Gasteiger partial charge in [-0.2, -0.15) is 0 Å². The Bertz CT molecular complexity index is 1180. The van der Waals surface area contributed by atoms with Crippen LogP contribution in [-0.4, -0.2) is 37.6 Å². The number of nitrogens with zero attached hydrogens (tertiary/aromatic N) is 1. The second-order valence-corrected chi connectivity index (χ2v) is 8.19. The highest BCUT2D eigenvalue weighted by atomic mass is 32.2. The third kappa shape index (κ3) is 2.67. The highest BCUT2D eigenvalue weighted by molar-refractivity contribution is 7.88. The van der Waals surface area contributed by atoms with Crippen LogP contribution >= 0.6 is 0 Å². The second-order valence-electron chi connectivity index (χ2n) is 6.35. The van der Waals surface area contributed by atoms with Gasteiger partial charge in [-0.05, 0) is 24.6 Å². The van der Waals surface area contributed by atoms with E-state index in [0.29, 0.717) is 30.6 Å². The summed E-state index contributed by atoms with van der Waals surface area (Å²) >= 11 is 0. The van der Waals surface area contributed by atoms with Gasteiger partial charge in [0.15, 0.2) is 0 Å². The van der Waals surface area contributed by atoms with E-state index in [2.05, 4.69) is 14.6 Å². The van der Waals surface area contributed by atoms with Crippen molar-refractivity contribution < 1.29 is 18.0 Å². The third-order valence-electron chi connectivity index (χ3n) is 4.56. The maximum atomic E-state index is 12.3. The molecule has 2 heterocycles. The van der Waals surface area contributed by atoms with Crippen molar-refractivity contribution in [2.24, 2.45) is 0 Å². The van der Waals surface area contributed by atoms with Gasteiger partial charge in [0.1, 0.15) is 0 Å². The second kappa shape index (κ2) is 5.93. The lowest BCUT2D eigenvalue weighted by Gasteiger charge is -2.08. The van der Waals surface area contributed by atoms with Crippen molar-refractivity contribution in [2.75, 3.05) is 12.8 Å². The van der Waals surface area contributed by atoms with Gasteiger partial charge in [-0.1, -0.05) is 18.2 Å². The average molecular weight is 371 g/mol. The topological polar surface area (TPSA) is 97.3 Å². The smallest absolute Gasteiger partial charge is 0.259 e. The summed E-state index contributed by atoms with van der Waals surface area (Å²) in [5.41, 5.74) is 2.61. The summed E-state index contributed by atoms with van der Waals surface area (Å²) in [6.45, 7) is 0.914. The standard InChI is InChI=1S/C18H17N3O4S/c1-26(24,25)19-9-4-10-21-13-6-3-2-5-11(13)15-14(21)8-7-12-16(15)18(23)20-17(12)22/h2-3,5-8,19H,4,9-10H2,1H3,(H,20,22,23). The number of carbonyl (C=O) groups is 2. The maximum absolute atomic E-state index is 12.3. The minimum atomic E-state index is -3.22. The average Bonchev–Trinajstić information content (AvgIpc) is 3.06. The van der Waals surface area contributed by atoms with Gasteiger partial charge in [0.2, 0.25) is 10.0 Å². The molecule has 0 bridgehead atoms.